The van der Waals surface area contributed by atoms with Crippen molar-refractivity contribution in [2.45, 2.75) is 18.7 Å². The lowest BCUT2D eigenvalue weighted by Gasteiger charge is -2.18. The largest absolute Gasteiger partial charge is 0.481 e. The molecule has 0 bridgehead atoms. The molecule has 0 aliphatic rings. The van der Waals surface area contributed by atoms with Gasteiger partial charge in [0.15, 0.2) is 9.84 Å². The molecule has 0 amide bonds. The molecule has 6 heteroatoms. The number of rotatable bonds is 4. The second-order valence-electron chi connectivity index (χ2n) is 3.99. The number of hydrogen-bond donors (Lipinski definition) is 2. The Morgan fingerprint density at radius 1 is 1.53 bits per heavy atom. The molecule has 1 aromatic heterocycles. The summed E-state index contributed by atoms with van der Waals surface area (Å²) in [5.41, 5.74) is -1.28. The Bertz CT molecular complexity index is 444. The lowest BCUT2D eigenvalue weighted by Crippen LogP contribution is -2.32. The lowest BCUT2D eigenvalue weighted by molar-refractivity contribution is -0.145. The summed E-state index contributed by atoms with van der Waals surface area (Å²) < 4.78 is 23.5. The number of carboxylic acids is 1. The van der Waals surface area contributed by atoms with Crippen molar-refractivity contribution < 1.29 is 18.3 Å². The Labute approximate surface area is 88.0 Å². The minimum atomic E-state index is -3.53. The second kappa shape index (κ2) is 3.69. The molecule has 0 aliphatic carbocycles. The lowest BCUT2D eigenvalue weighted by atomic mass is 9.97. The van der Waals surface area contributed by atoms with E-state index in [2.05, 4.69) is 4.98 Å². The van der Waals surface area contributed by atoms with Crippen molar-refractivity contribution in [3.8, 4) is 0 Å². The van der Waals surface area contributed by atoms with Crippen LogP contribution in [0, 0.1) is 5.41 Å². The van der Waals surface area contributed by atoms with Crippen LogP contribution in [0.1, 0.15) is 13.8 Å². The Kier molecular flexibility index (Phi) is 2.90. The number of aromatic nitrogens is 1. The molecule has 15 heavy (non-hydrogen) atoms. The van der Waals surface area contributed by atoms with Gasteiger partial charge in [0, 0.05) is 12.4 Å². The van der Waals surface area contributed by atoms with Crippen LogP contribution in [0.2, 0.25) is 0 Å². The number of carbonyl (C=O) groups is 1. The van der Waals surface area contributed by atoms with Crippen LogP contribution < -0.4 is 0 Å². The van der Waals surface area contributed by atoms with Crippen molar-refractivity contribution in [1.82, 2.24) is 4.98 Å². The molecule has 2 N–H and O–H groups in total. The average molecular weight is 231 g/mol. The average Bonchev–Trinajstić information content (AvgIpc) is 2.53. The standard InChI is InChI=1S/C9H13NO4S/c1-9(2,8(11)12)6-15(13,14)7-3-4-10-5-7/h3-5,10H,6H2,1-2H3,(H,11,12). The normalized spacial score (nSPS) is 12.7. The summed E-state index contributed by atoms with van der Waals surface area (Å²) in [6.45, 7) is 2.78. The van der Waals surface area contributed by atoms with Crippen LogP contribution >= 0.6 is 0 Å². The molecule has 0 saturated heterocycles. The van der Waals surface area contributed by atoms with Crippen LogP contribution in [0.3, 0.4) is 0 Å². The first-order chi connectivity index (χ1) is 6.76. The van der Waals surface area contributed by atoms with E-state index in [0.717, 1.165) is 0 Å². The fraction of sp³-hybridized carbons (Fsp3) is 0.444. The zero-order valence-electron chi connectivity index (χ0n) is 8.52. The SMILES string of the molecule is CC(C)(CS(=O)(=O)c1cc[nH]c1)C(=O)O. The summed E-state index contributed by atoms with van der Waals surface area (Å²) in [6.07, 6.45) is 2.83. The van der Waals surface area contributed by atoms with E-state index in [1.54, 1.807) is 0 Å². The Morgan fingerprint density at radius 2 is 2.13 bits per heavy atom. The van der Waals surface area contributed by atoms with E-state index < -0.39 is 27.0 Å². The van der Waals surface area contributed by atoms with Gasteiger partial charge in [0.2, 0.25) is 0 Å². The van der Waals surface area contributed by atoms with Crippen LogP contribution in [0.15, 0.2) is 23.4 Å². The van der Waals surface area contributed by atoms with Crippen LogP contribution in [0.5, 0.6) is 0 Å². The summed E-state index contributed by atoms with van der Waals surface area (Å²) in [7, 11) is -3.53. The number of sulfone groups is 1. The molecule has 1 aromatic rings. The maximum absolute atomic E-state index is 11.7. The Morgan fingerprint density at radius 3 is 2.53 bits per heavy atom. The van der Waals surface area contributed by atoms with E-state index in [1.807, 2.05) is 0 Å². The van der Waals surface area contributed by atoms with Crippen molar-refractivity contribution in [2.24, 2.45) is 5.41 Å². The van der Waals surface area contributed by atoms with E-state index in [1.165, 1.54) is 32.3 Å². The van der Waals surface area contributed by atoms with Crippen molar-refractivity contribution in [3.63, 3.8) is 0 Å². The van der Waals surface area contributed by atoms with Gasteiger partial charge in [-0.1, -0.05) is 0 Å². The topological polar surface area (TPSA) is 87.2 Å². The number of H-pyrrole nitrogens is 1. The second-order valence-corrected chi connectivity index (χ2v) is 5.98. The maximum atomic E-state index is 11.7. The molecule has 1 heterocycles. The van der Waals surface area contributed by atoms with Gasteiger partial charge >= 0.3 is 5.97 Å². The van der Waals surface area contributed by atoms with E-state index >= 15 is 0 Å². The van der Waals surface area contributed by atoms with Crippen LogP contribution in [0.25, 0.3) is 0 Å². The number of nitrogens with one attached hydrogen (secondary N) is 1. The highest BCUT2D eigenvalue weighted by atomic mass is 32.2. The quantitative estimate of drug-likeness (QED) is 0.805. The van der Waals surface area contributed by atoms with Gasteiger partial charge in [0.1, 0.15) is 0 Å². The van der Waals surface area contributed by atoms with Crippen molar-refractivity contribution in [1.29, 1.82) is 0 Å². The number of carboxylic acid groups (broad SMARTS) is 1. The molecule has 0 aromatic carbocycles. The summed E-state index contributed by atoms with van der Waals surface area (Å²) in [5.74, 6) is -1.53. The van der Waals surface area contributed by atoms with Crippen molar-refractivity contribution >= 4 is 15.8 Å². The molecule has 0 atom stereocenters. The summed E-state index contributed by atoms with van der Waals surface area (Å²) in [4.78, 5) is 13.5. The first kappa shape index (κ1) is 11.8. The minimum absolute atomic E-state index is 0.122. The van der Waals surface area contributed by atoms with Crippen LogP contribution in [0.4, 0.5) is 0 Å². The third-order valence-corrected chi connectivity index (χ3v) is 4.13. The van der Waals surface area contributed by atoms with E-state index in [-0.39, 0.29) is 4.90 Å². The van der Waals surface area contributed by atoms with Gasteiger partial charge in [-0.25, -0.2) is 8.42 Å². The molecule has 1 rings (SSSR count). The molecule has 0 aliphatic heterocycles. The first-order valence-corrected chi connectivity index (χ1v) is 6.00. The predicted octanol–water partition coefficient (Wildman–Crippen LogP) is 0.899. The molecule has 5 nitrogen and oxygen atoms in total. The van der Waals surface area contributed by atoms with Crippen LogP contribution in [-0.2, 0) is 14.6 Å². The maximum Gasteiger partial charge on any atom is 0.310 e. The molecule has 0 fully saturated rings. The third kappa shape index (κ3) is 2.59. The highest BCUT2D eigenvalue weighted by Gasteiger charge is 2.34. The zero-order valence-corrected chi connectivity index (χ0v) is 9.34. The Hall–Kier alpha value is -1.30. The fourth-order valence-corrected chi connectivity index (χ4v) is 2.89. The van der Waals surface area contributed by atoms with Crippen molar-refractivity contribution in [2.75, 3.05) is 5.75 Å². The minimum Gasteiger partial charge on any atom is -0.481 e. The fourth-order valence-electron chi connectivity index (χ4n) is 1.12. The molecule has 84 valence electrons. The molecular formula is C9H13NO4S. The van der Waals surface area contributed by atoms with Gasteiger partial charge in [-0.2, -0.15) is 0 Å². The van der Waals surface area contributed by atoms with Gasteiger partial charge in [0.25, 0.3) is 0 Å². The first-order valence-electron chi connectivity index (χ1n) is 4.35. The molecule has 0 saturated carbocycles. The predicted molar refractivity (Wildman–Crippen MR) is 54.3 cm³/mol. The summed E-state index contributed by atoms with van der Waals surface area (Å²) >= 11 is 0. The Balaban J connectivity index is 2.97. The monoisotopic (exact) mass is 231 g/mol. The van der Waals surface area contributed by atoms with Gasteiger partial charge < -0.3 is 10.1 Å². The third-order valence-electron chi connectivity index (χ3n) is 2.06. The van der Waals surface area contributed by atoms with Gasteiger partial charge in [-0.05, 0) is 19.9 Å². The molecular weight excluding hydrogens is 218 g/mol. The van der Waals surface area contributed by atoms with Crippen LogP contribution in [-0.4, -0.2) is 30.2 Å². The van der Waals surface area contributed by atoms with Gasteiger partial charge in [-0.3, -0.25) is 4.79 Å². The zero-order chi connectivity index (χ0) is 11.7. The highest BCUT2D eigenvalue weighted by molar-refractivity contribution is 7.91. The number of aromatic amines is 1. The van der Waals surface area contributed by atoms with Gasteiger partial charge in [-0.15, -0.1) is 0 Å². The van der Waals surface area contributed by atoms with E-state index in [9.17, 15) is 13.2 Å². The van der Waals surface area contributed by atoms with E-state index in [4.69, 9.17) is 5.11 Å². The highest BCUT2D eigenvalue weighted by Crippen LogP contribution is 2.22. The molecule has 0 spiro atoms. The molecule has 0 unspecified atom stereocenters. The molecule has 0 radical (unpaired) electrons. The number of hydrogen-bond acceptors (Lipinski definition) is 3. The van der Waals surface area contributed by atoms with Gasteiger partial charge in [0.05, 0.1) is 16.1 Å². The van der Waals surface area contributed by atoms with Crippen molar-refractivity contribution in [3.05, 3.63) is 18.5 Å². The summed E-state index contributed by atoms with van der Waals surface area (Å²) in [5, 5.41) is 8.83. The summed E-state index contributed by atoms with van der Waals surface area (Å²) in [6, 6.07) is 1.41. The van der Waals surface area contributed by atoms with E-state index in [0.29, 0.717) is 0 Å². The smallest absolute Gasteiger partial charge is 0.310 e. The number of aliphatic carboxylic acids is 1.